The monoisotopic (exact) mass is 516 g/mol. The van der Waals surface area contributed by atoms with Crippen molar-refractivity contribution in [3.05, 3.63) is 92.3 Å². The minimum atomic E-state index is -0.293. The summed E-state index contributed by atoms with van der Waals surface area (Å²) in [6.45, 7) is 0.676. The van der Waals surface area contributed by atoms with Gasteiger partial charge in [0.15, 0.2) is 10.8 Å². The number of fused-ring (bicyclic) bond motifs is 2. The highest BCUT2D eigenvalue weighted by Crippen LogP contribution is 2.39. The Morgan fingerprint density at radius 3 is 2.69 bits per heavy atom. The van der Waals surface area contributed by atoms with E-state index in [1.54, 1.807) is 10.6 Å². The molecule has 1 aliphatic rings. The molecule has 2 aromatic carbocycles. The molecule has 6 rings (SSSR count). The van der Waals surface area contributed by atoms with Crippen LogP contribution in [0.5, 0.6) is 0 Å². The number of aromatic nitrogens is 5. The number of rotatable bonds is 4. The molecule has 0 aliphatic carbocycles. The van der Waals surface area contributed by atoms with Crippen molar-refractivity contribution in [1.82, 2.24) is 24.5 Å². The fraction of sp³-hybridized carbons (Fsp3) is 0.192. The van der Waals surface area contributed by atoms with Crippen LogP contribution in [0.1, 0.15) is 24.6 Å². The summed E-state index contributed by atoms with van der Waals surface area (Å²) < 4.78 is 1.73. The number of H-pyrrole nitrogens is 1. The van der Waals surface area contributed by atoms with Crippen LogP contribution in [0.2, 0.25) is 5.02 Å². The Bertz CT molecular complexity index is 1740. The van der Waals surface area contributed by atoms with Crippen LogP contribution in [-0.4, -0.2) is 37.3 Å². The van der Waals surface area contributed by atoms with Crippen LogP contribution in [-0.2, 0) is 0 Å². The van der Waals surface area contributed by atoms with Gasteiger partial charge in [-0.25, -0.2) is 15.0 Å². The van der Waals surface area contributed by atoms with Gasteiger partial charge in [0.05, 0.1) is 22.8 Å². The van der Waals surface area contributed by atoms with Crippen molar-refractivity contribution in [3.8, 4) is 5.69 Å². The number of aromatic amines is 1. The van der Waals surface area contributed by atoms with Crippen molar-refractivity contribution in [1.29, 1.82) is 0 Å². The van der Waals surface area contributed by atoms with Gasteiger partial charge in [-0.2, -0.15) is 0 Å². The summed E-state index contributed by atoms with van der Waals surface area (Å²) in [6.07, 6.45) is 4.91. The minimum Gasteiger partial charge on any atom is -0.347 e. The van der Waals surface area contributed by atoms with E-state index < -0.39 is 0 Å². The van der Waals surface area contributed by atoms with E-state index in [1.807, 2.05) is 54.8 Å². The van der Waals surface area contributed by atoms with Crippen LogP contribution in [0.25, 0.3) is 27.5 Å². The second-order valence-corrected chi connectivity index (χ2v) is 9.75. The molecular weight excluding hydrogens is 496 g/mol. The van der Waals surface area contributed by atoms with Gasteiger partial charge in [-0.3, -0.25) is 14.2 Å². The molecule has 36 heavy (non-hydrogen) atoms. The molecule has 1 atom stereocenters. The van der Waals surface area contributed by atoms with E-state index in [9.17, 15) is 9.59 Å². The summed E-state index contributed by atoms with van der Waals surface area (Å²) in [4.78, 5) is 45.0. The first-order valence-corrected chi connectivity index (χ1v) is 13.1. The Hall–Kier alpha value is -3.69. The zero-order valence-electron chi connectivity index (χ0n) is 19.3. The molecule has 0 saturated carbocycles. The smallest absolute Gasteiger partial charge is 0.264 e. The van der Waals surface area contributed by atoms with Crippen LogP contribution < -0.4 is 16.0 Å². The molecule has 0 spiro atoms. The third-order valence-corrected chi connectivity index (χ3v) is 7.41. The number of nitrogens with zero attached hydrogens (tertiary/aromatic N) is 5. The summed E-state index contributed by atoms with van der Waals surface area (Å²) >= 11 is 7.88. The predicted octanol–water partition coefficient (Wildman–Crippen LogP) is 4.73. The maximum atomic E-state index is 13.9. The molecule has 1 N–H and O–H groups in total. The topological polar surface area (TPSA) is 96.8 Å². The normalized spacial score (nSPS) is 15.7. The number of hydrogen-bond donors (Lipinski definition) is 1. The molecule has 0 amide bonds. The lowest BCUT2D eigenvalue weighted by molar-refractivity contribution is 0.659. The molecule has 3 aromatic heterocycles. The number of nitrogens with one attached hydrogen (secondary N) is 1. The lowest BCUT2D eigenvalue weighted by Crippen LogP contribution is -2.31. The molecule has 8 nitrogen and oxygen atoms in total. The van der Waals surface area contributed by atoms with Crippen LogP contribution >= 0.6 is 23.4 Å². The van der Waals surface area contributed by atoms with Crippen molar-refractivity contribution in [2.45, 2.75) is 24.0 Å². The predicted molar refractivity (Wildman–Crippen MR) is 144 cm³/mol. The van der Waals surface area contributed by atoms with Crippen molar-refractivity contribution in [3.63, 3.8) is 0 Å². The third-order valence-electron chi connectivity index (χ3n) is 6.55. The summed E-state index contributed by atoms with van der Waals surface area (Å²) in [5.41, 5.74) is 1.45. The fourth-order valence-corrected chi connectivity index (χ4v) is 5.61. The SMILES string of the molecule is CSc1nc(N2CCC[C@H]2c2cc3cccc(Cl)c3c(=O)n2-c2ccccc2)c2c(=O)[nH]cnc2n1. The number of anilines is 1. The Morgan fingerprint density at radius 2 is 1.89 bits per heavy atom. The Balaban J connectivity index is 1.63. The van der Waals surface area contributed by atoms with Gasteiger partial charge in [0, 0.05) is 17.9 Å². The first kappa shape index (κ1) is 22.8. The zero-order valence-corrected chi connectivity index (χ0v) is 20.9. The van der Waals surface area contributed by atoms with E-state index >= 15 is 0 Å². The summed E-state index contributed by atoms with van der Waals surface area (Å²) in [5, 5.41) is 2.56. The molecule has 0 radical (unpaired) electrons. The fourth-order valence-electron chi connectivity index (χ4n) is 4.99. The average Bonchev–Trinajstić information content (AvgIpc) is 3.38. The first-order valence-electron chi connectivity index (χ1n) is 11.5. The Morgan fingerprint density at radius 1 is 1.06 bits per heavy atom. The lowest BCUT2D eigenvalue weighted by Gasteiger charge is -2.29. The molecule has 1 fully saturated rings. The number of pyridine rings is 1. The quantitative estimate of drug-likeness (QED) is 0.272. The van der Waals surface area contributed by atoms with Crippen LogP contribution in [0, 0.1) is 0 Å². The molecule has 5 aromatic rings. The first-order chi connectivity index (χ1) is 17.6. The van der Waals surface area contributed by atoms with E-state index in [0.29, 0.717) is 39.0 Å². The third kappa shape index (κ3) is 3.66. The Kier molecular flexibility index (Phi) is 5.73. The second-order valence-electron chi connectivity index (χ2n) is 8.56. The molecule has 1 saturated heterocycles. The van der Waals surface area contributed by atoms with Gasteiger partial charge >= 0.3 is 0 Å². The van der Waals surface area contributed by atoms with Crippen molar-refractivity contribution in [2.24, 2.45) is 0 Å². The van der Waals surface area contributed by atoms with Gasteiger partial charge in [-0.05, 0) is 48.7 Å². The largest absolute Gasteiger partial charge is 0.347 e. The molecule has 180 valence electrons. The van der Waals surface area contributed by atoms with Crippen molar-refractivity contribution in [2.75, 3.05) is 17.7 Å². The standard InChI is InChI=1S/C26H21ClN6O2S/c1-36-26-30-22-21(24(34)29-14-28-22)23(31-26)32-12-6-11-18(32)19-13-15-7-5-10-17(27)20(15)25(35)33(19)16-8-3-2-4-9-16/h2-5,7-10,13-14,18H,6,11-12H2,1H3,(H,28,29,30,31,34)/t18-/m0/s1. The minimum absolute atomic E-state index is 0.178. The highest BCUT2D eigenvalue weighted by Gasteiger charge is 2.33. The number of para-hydroxylation sites is 1. The van der Waals surface area contributed by atoms with Crippen LogP contribution in [0.4, 0.5) is 5.82 Å². The van der Waals surface area contributed by atoms with Crippen LogP contribution in [0.3, 0.4) is 0 Å². The molecule has 4 heterocycles. The van der Waals surface area contributed by atoms with Gasteiger partial charge in [0.1, 0.15) is 11.2 Å². The van der Waals surface area contributed by atoms with E-state index in [-0.39, 0.29) is 17.2 Å². The van der Waals surface area contributed by atoms with E-state index in [2.05, 4.69) is 19.9 Å². The average molecular weight is 517 g/mol. The highest BCUT2D eigenvalue weighted by atomic mass is 35.5. The highest BCUT2D eigenvalue weighted by molar-refractivity contribution is 7.98. The van der Waals surface area contributed by atoms with Gasteiger partial charge < -0.3 is 9.88 Å². The summed E-state index contributed by atoms with van der Waals surface area (Å²) in [6, 6.07) is 16.9. The summed E-state index contributed by atoms with van der Waals surface area (Å²) in [5.74, 6) is 0.527. The molecule has 0 unspecified atom stereocenters. The lowest BCUT2D eigenvalue weighted by atomic mass is 10.0. The van der Waals surface area contributed by atoms with Gasteiger partial charge in [-0.1, -0.05) is 53.7 Å². The molecule has 0 bridgehead atoms. The zero-order chi connectivity index (χ0) is 24.8. The number of benzene rings is 2. The maximum Gasteiger partial charge on any atom is 0.264 e. The second kappa shape index (κ2) is 9.07. The van der Waals surface area contributed by atoms with E-state index in [4.69, 9.17) is 16.6 Å². The number of halogens is 1. The molecule has 10 heteroatoms. The van der Waals surface area contributed by atoms with Gasteiger partial charge in [-0.15, -0.1) is 0 Å². The number of hydrogen-bond acceptors (Lipinski definition) is 7. The van der Waals surface area contributed by atoms with E-state index in [0.717, 1.165) is 29.6 Å². The van der Waals surface area contributed by atoms with Gasteiger partial charge in [0.2, 0.25) is 0 Å². The van der Waals surface area contributed by atoms with Crippen molar-refractivity contribution >= 4 is 51.0 Å². The Labute approximate surface area is 215 Å². The molecule has 1 aliphatic heterocycles. The summed E-state index contributed by atoms with van der Waals surface area (Å²) in [7, 11) is 0. The number of thioether (sulfide) groups is 1. The van der Waals surface area contributed by atoms with Gasteiger partial charge in [0.25, 0.3) is 11.1 Å². The van der Waals surface area contributed by atoms with E-state index in [1.165, 1.54) is 18.1 Å². The van der Waals surface area contributed by atoms with Crippen molar-refractivity contribution < 1.29 is 0 Å². The van der Waals surface area contributed by atoms with Crippen LogP contribution in [0.15, 0.2) is 75.7 Å². The maximum absolute atomic E-state index is 13.9. The molecular formula is C26H21ClN6O2S.